The lowest BCUT2D eigenvalue weighted by molar-refractivity contribution is 1.19. The zero-order valence-electron chi connectivity index (χ0n) is 4.13. The van der Waals surface area contributed by atoms with E-state index in [0.717, 1.165) is 0 Å². The molecule has 0 aliphatic heterocycles. The largest absolute Gasteiger partial charge is 0.383 e. The second-order valence-electron chi connectivity index (χ2n) is 1.26. The van der Waals surface area contributed by atoms with Crippen LogP contribution in [0, 0.1) is 6.07 Å². The fraction of sp³-hybridized carbons (Fsp3) is 0. The van der Waals surface area contributed by atoms with Gasteiger partial charge in [0.2, 0.25) is 5.95 Å². The van der Waals surface area contributed by atoms with Crippen LogP contribution in [0.3, 0.4) is 0 Å². The number of hydrogen-bond acceptors (Lipinski definition) is 4. The standard InChI is InChI=1S/C4H5N4/c5-3-1-2-7-4(6)8-3/h2H,(H4,5,6,7,8). The average molecular weight is 109 g/mol. The summed E-state index contributed by atoms with van der Waals surface area (Å²) in [4.78, 5) is 7.13. The maximum Gasteiger partial charge on any atom is 0.221 e. The lowest BCUT2D eigenvalue weighted by Gasteiger charge is -1.88. The van der Waals surface area contributed by atoms with E-state index >= 15 is 0 Å². The Morgan fingerprint density at radius 3 is 2.62 bits per heavy atom. The van der Waals surface area contributed by atoms with Gasteiger partial charge in [-0.15, -0.1) is 0 Å². The van der Waals surface area contributed by atoms with Crippen LogP contribution in [0.15, 0.2) is 6.20 Å². The van der Waals surface area contributed by atoms with E-state index in [1.807, 2.05) is 0 Å². The predicted molar refractivity (Wildman–Crippen MR) is 29.7 cm³/mol. The highest BCUT2D eigenvalue weighted by Crippen LogP contribution is 1.93. The van der Waals surface area contributed by atoms with Crippen LogP contribution in [0.5, 0.6) is 0 Å². The van der Waals surface area contributed by atoms with Gasteiger partial charge in [-0.2, -0.15) is 4.98 Å². The first kappa shape index (κ1) is 4.83. The van der Waals surface area contributed by atoms with Gasteiger partial charge in [-0.25, -0.2) is 4.98 Å². The number of anilines is 2. The van der Waals surface area contributed by atoms with Crippen molar-refractivity contribution in [1.82, 2.24) is 9.97 Å². The van der Waals surface area contributed by atoms with Gasteiger partial charge < -0.3 is 11.5 Å². The van der Waals surface area contributed by atoms with Crippen LogP contribution in [0.25, 0.3) is 0 Å². The maximum absolute atomic E-state index is 5.17. The van der Waals surface area contributed by atoms with Crippen molar-refractivity contribution in [2.75, 3.05) is 11.5 Å². The zero-order valence-corrected chi connectivity index (χ0v) is 4.13. The van der Waals surface area contributed by atoms with E-state index in [1.54, 1.807) is 0 Å². The van der Waals surface area contributed by atoms with Crippen molar-refractivity contribution in [2.24, 2.45) is 0 Å². The molecule has 0 spiro atoms. The molecule has 0 saturated carbocycles. The molecule has 4 N–H and O–H groups in total. The Balaban J connectivity index is 3.08. The van der Waals surface area contributed by atoms with Gasteiger partial charge in [0.05, 0.1) is 0 Å². The van der Waals surface area contributed by atoms with Gasteiger partial charge in [0.1, 0.15) is 5.82 Å². The van der Waals surface area contributed by atoms with E-state index < -0.39 is 0 Å². The highest BCUT2D eigenvalue weighted by Gasteiger charge is 1.85. The minimum absolute atomic E-state index is 0.182. The van der Waals surface area contributed by atoms with E-state index in [0.29, 0.717) is 0 Å². The molecule has 0 fully saturated rings. The smallest absolute Gasteiger partial charge is 0.221 e. The second-order valence-corrected chi connectivity index (χ2v) is 1.26. The van der Waals surface area contributed by atoms with Gasteiger partial charge in [-0.3, -0.25) is 0 Å². The Hall–Kier alpha value is -1.32. The van der Waals surface area contributed by atoms with Crippen molar-refractivity contribution >= 4 is 11.8 Å². The number of aromatic nitrogens is 2. The number of nitrogens with zero attached hydrogens (tertiary/aromatic N) is 2. The Kier molecular flexibility index (Phi) is 0.997. The Bertz CT molecular complexity index is 168. The molecule has 1 radical (unpaired) electrons. The van der Waals surface area contributed by atoms with Gasteiger partial charge in [0.25, 0.3) is 0 Å². The number of hydrogen-bond donors (Lipinski definition) is 2. The van der Waals surface area contributed by atoms with Crippen molar-refractivity contribution in [3.63, 3.8) is 0 Å². The molecule has 0 aliphatic rings. The Labute approximate surface area is 46.6 Å². The van der Waals surface area contributed by atoms with Crippen molar-refractivity contribution in [3.8, 4) is 0 Å². The first-order valence-corrected chi connectivity index (χ1v) is 2.05. The minimum Gasteiger partial charge on any atom is -0.383 e. The molecule has 1 aromatic heterocycles. The summed E-state index contributed by atoms with van der Waals surface area (Å²) < 4.78 is 0. The molecular weight excluding hydrogens is 104 g/mol. The van der Waals surface area contributed by atoms with Crippen LogP contribution in [0.1, 0.15) is 0 Å². The summed E-state index contributed by atoms with van der Waals surface area (Å²) in [6.45, 7) is 0. The molecule has 0 aromatic carbocycles. The molecule has 0 unspecified atom stereocenters. The molecule has 0 saturated heterocycles. The van der Waals surface area contributed by atoms with Gasteiger partial charge in [-0.1, -0.05) is 0 Å². The van der Waals surface area contributed by atoms with Crippen molar-refractivity contribution in [1.29, 1.82) is 0 Å². The van der Waals surface area contributed by atoms with Gasteiger partial charge in [-0.05, 0) is 0 Å². The van der Waals surface area contributed by atoms with Crippen LogP contribution in [-0.4, -0.2) is 9.97 Å². The van der Waals surface area contributed by atoms with Crippen molar-refractivity contribution in [2.45, 2.75) is 0 Å². The van der Waals surface area contributed by atoms with E-state index in [9.17, 15) is 0 Å². The molecule has 41 valence electrons. The monoisotopic (exact) mass is 109 g/mol. The third-order valence-corrected chi connectivity index (χ3v) is 0.644. The Morgan fingerprint density at radius 1 is 1.50 bits per heavy atom. The first-order chi connectivity index (χ1) is 3.79. The summed E-state index contributed by atoms with van der Waals surface area (Å²) in [5, 5.41) is 0. The van der Waals surface area contributed by atoms with Crippen LogP contribution in [0.4, 0.5) is 11.8 Å². The van der Waals surface area contributed by atoms with Gasteiger partial charge in [0, 0.05) is 12.3 Å². The fourth-order valence-electron chi connectivity index (χ4n) is 0.349. The van der Waals surface area contributed by atoms with Crippen molar-refractivity contribution in [3.05, 3.63) is 12.3 Å². The molecule has 0 amide bonds. The lowest BCUT2D eigenvalue weighted by Crippen LogP contribution is -1.97. The molecule has 0 bridgehead atoms. The average Bonchev–Trinajstić information content (AvgIpc) is 1.64. The number of rotatable bonds is 0. The fourth-order valence-corrected chi connectivity index (χ4v) is 0.349. The SMILES string of the molecule is Nc1[c]cnc(N)n1. The lowest BCUT2D eigenvalue weighted by atomic mass is 10.6. The van der Waals surface area contributed by atoms with Crippen molar-refractivity contribution < 1.29 is 0 Å². The van der Waals surface area contributed by atoms with Crippen LogP contribution >= 0.6 is 0 Å². The summed E-state index contributed by atoms with van der Waals surface area (Å²) in [7, 11) is 0. The van der Waals surface area contributed by atoms with E-state index in [-0.39, 0.29) is 11.8 Å². The van der Waals surface area contributed by atoms with E-state index in [1.165, 1.54) is 6.20 Å². The van der Waals surface area contributed by atoms with Crippen LogP contribution in [0.2, 0.25) is 0 Å². The molecule has 8 heavy (non-hydrogen) atoms. The second kappa shape index (κ2) is 1.65. The number of nitrogen functional groups attached to an aromatic ring is 2. The predicted octanol–water partition coefficient (Wildman–Crippen LogP) is -0.559. The number of nitrogens with two attached hydrogens (primary N) is 2. The van der Waals surface area contributed by atoms with Gasteiger partial charge in [0.15, 0.2) is 0 Å². The highest BCUT2D eigenvalue weighted by atomic mass is 15.0. The van der Waals surface area contributed by atoms with Gasteiger partial charge >= 0.3 is 0 Å². The normalized spacial score (nSPS) is 9.00. The molecule has 4 heteroatoms. The first-order valence-electron chi connectivity index (χ1n) is 2.05. The van der Waals surface area contributed by atoms with E-state index in [2.05, 4.69) is 16.0 Å². The quantitative estimate of drug-likeness (QED) is 0.468. The van der Waals surface area contributed by atoms with Crippen LogP contribution in [-0.2, 0) is 0 Å². The molecule has 0 aliphatic carbocycles. The maximum atomic E-state index is 5.17. The van der Waals surface area contributed by atoms with E-state index in [4.69, 9.17) is 11.5 Å². The molecule has 1 rings (SSSR count). The highest BCUT2D eigenvalue weighted by molar-refractivity contribution is 5.29. The molecule has 0 atom stereocenters. The molecule has 1 aromatic rings. The molecular formula is C4H5N4. The zero-order chi connectivity index (χ0) is 5.98. The third-order valence-electron chi connectivity index (χ3n) is 0.644. The topological polar surface area (TPSA) is 77.8 Å². The van der Waals surface area contributed by atoms with Crippen LogP contribution < -0.4 is 11.5 Å². The summed E-state index contributed by atoms with van der Waals surface area (Å²) >= 11 is 0. The Morgan fingerprint density at radius 2 is 2.25 bits per heavy atom. The molecule has 1 heterocycles. The summed E-state index contributed by atoms with van der Waals surface area (Å²) in [5.41, 5.74) is 10.3. The third kappa shape index (κ3) is 0.841. The molecule has 4 nitrogen and oxygen atoms in total. The summed E-state index contributed by atoms with van der Waals surface area (Å²) in [5.74, 6) is 0.457. The minimum atomic E-state index is 0.182. The summed E-state index contributed by atoms with van der Waals surface area (Å²) in [6, 6.07) is 2.55. The summed E-state index contributed by atoms with van der Waals surface area (Å²) in [6.07, 6.45) is 1.39.